The molecule has 1 fully saturated rings. The molecule has 2 aromatic rings. The number of piperidine rings is 1. The molecule has 33 heavy (non-hydrogen) atoms. The Hall–Kier alpha value is -2.15. The Morgan fingerprint density at radius 2 is 1.94 bits per heavy atom. The van der Waals surface area contributed by atoms with Gasteiger partial charge in [-0.1, -0.05) is 30.3 Å². The number of anilines is 1. The molecule has 11 heteroatoms. The summed E-state index contributed by atoms with van der Waals surface area (Å²) < 4.78 is 38.2. The van der Waals surface area contributed by atoms with Crippen molar-refractivity contribution in [2.45, 2.75) is 44.6 Å². The van der Waals surface area contributed by atoms with Gasteiger partial charge in [-0.05, 0) is 31.4 Å². The molecule has 1 aliphatic heterocycles. The Morgan fingerprint density at radius 1 is 1.18 bits per heavy atom. The van der Waals surface area contributed by atoms with Gasteiger partial charge in [0.05, 0.1) is 0 Å². The van der Waals surface area contributed by atoms with Gasteiger partial charge < -0.3 is 16.0 Å². The van der Waals surface area contributed by atoms with Crippen LogP contribution >= 0.6 is 24.0 Å². The molecule has 3 N–H and O–H groups in total. The van der Waals surface area contributed by atoms with Gasteiger partial charge in [0.2, 0.25) is 5.95 Å². The molecule has 1 aromatic carbocycles. The highest BCUT2D eigenvalue weighted by Crippen LogP contribution is 2.27. The average Bonchev–Trinajstić information content (AvgIpc) is 2.78. The summed E-state index contributed by atoms with van der Waals surface area (Å²) in [4.78, 5) is 14.1. The number of benzene rings is 1. The first-order valence-electron chi connectivity index (χ1n) is 10.7. The molecule has 182 valence electrons. The van der Waals surface area contributed by atoms with E-state index in [0.717, 1.165) is 38.2 Å². The number of hydrogen-bond donors (Lipinski definition) is 3. The van der Waals surface area contributed by atoms with Crippen LogP contribution in [0.4, 0.5) is 19.1 Å². The quantitative estimate of drug-likeness (QED) is 0.202. The second-order valence-corrected chi connectivity index (χ2v) is 7.86. The van der Waals surface area contributed by atoms with Gasteiger partial charge >= 0.3 is 6.18 Å². The Labute approximate surface area is 209 Å². The topological polar surface area (TPSA) is 77.5 Å². The highest BCUT2D eigenvalue weighted by atomic mass is 127. The summed E-state index contributed by atoms with van der Waals surface area (Å²) in [6.07, 6.45) is -1.38. The number of guanidine groups is 1. The van der Waals surface area contributed by atoms with E-state index < -0.39 is 11.9 Å². The maximum atomic E-state index is 12.7. The van der Waals surface area contributed by atoms with Crippen molar-refractivity contribution in [1.29, 1.82) is 0 Å². The maximum Gasteiger partial charge on any atom is 0.433 e. The number of hydrogen-bond acceptors (Lipinski definition) is 5. The summed E-state index contributed by atoms with van der Waals surface area (Å²) in [5.41, 5.74) is 0.355. The van der Waals surface area contributed by atoms with Crippen molar-refractivity contribution in [3.8, 4) is 0 Å². The van der Waals surface area contributed by atoms with Crippen molar-refractivity contribution >= 4 is 35.9 Å². The summed E-state index contributed by atoms with van der Waals surface area (Å²) in [5.74, 6) is 0.620. The molecule has 0 bridgehead atoms. The van der Waals surface area contributed by atoms with Gasteiger partial charge in [-0.25, -0.2) is 9.97 Å². The highest BCUT2D eigenvalue weighted by molar-refractivity contribution is 14.0. The van der Waals surface area contributed by atoms with Crippen LogP contribution in [-0.4, -0.2) is 59.6 Å². The van der Waals surface area contributed by atoms with E-state index in [-0.39, 0.29) is 29.9 Å². The van der Waals surface area contributed by atoms with E-state index in [2.05, 4.69) is 67.0 Å². The fraction of sp³-hybridized carbons (Fsp3) is 0.500. The van der Waals surface area contributed by atoms with Crippen LogP contribution in [0.3, 0.4) is 0 Å². The fourth-order valence-corrected chi connectivity index (χ4v) is 3.75. The van der Waals surface area contributed by atoms with Crippen LogP contribution in [0.5, 0.6) is 0 Å². The SMILES string of the molecule is CN=C(NCCNc1nccc(C(F)(F)F)n1)NC1CCN(Cc2ccccc2)C(C)C1.I. The zero-order valence-corrected chi connectivity index (χ0v) is 21.1. The third kappa shape index (κ3) is 8.61. The smallest absolute Gasteiger partial charge is 0.355 e. The van der Waals surface area contributed by atoms with Crippen molar-refractivity contribution in [3.63, 3.8) is 0 Å². The molecule has 0 aliphatic carbocycles. The van der Waals surface area contributed by atoms with Crippen molar-refractivity contribution in [2.24, 2.45) is 4.99 Å². The first kappa shape index (κ1) is 27.1. The molecule has 0 amide bonds. The van der Waals surface area contributed by atoms with E-state index in [0.29, 0.717) is 31.1 Å². The van der Waals surface area contributed by atoms with Crippen molar-refractivity contribution in [3.05, 3.63) is 53.9 Å². The van der Waals surface area contributed by atoms with Crippen LogP contribution in [0.15, 0.2) is 47.6 Å². The van der Waals surface area contributed by atoms with E-state index >= 15 is 0 Å². The summed E-state index contributed by atoms with van der Waals surface area (Å²) in [7, 11) is 1.70. The lowest BCUT2D eigenvalue weighted by Crippen LogP contribution is -2.51. The normalized spacial score (nSPS) is 19.5. The molecule has 7 nitrogen and oxygen atoms in total. The molecule has 0 saturated carbocycles. The molecule has 2 heterocycles. The largest absolute Gasteiger partial charge is 0.433 e. The molecular formula is C22H31F3IN7. The predicted octanol–water partition coefficient (Wildman–Crippen LogP) is 3.74. The lowest BCUT2D eigenvalue weighted by atomic mass is 9.97. The molecule has 0 radical (unpaired) electrons. The van der Waals surface area contributed by atoms with Crippen LogP contribution in [-0.2, 0) is 12.7 Å². The zero-order valence-electron chi connectivity index (χ0n) is 18.8. The lowest BCUT2D eigenvalue weighted by molar-refractivity contribution is -0.141. The summed E-state index contributed by atoms with van der Waals surface area (Å²) >= 11 is 0. The Kier molecular flexibility index (Phi) is 10.6. The summed E-state index contributed by atoms with van der Waals surface area (Å²) in [6.45, 7) is 5.01. The van der Waals surface area contributed by atoms with Crippen LogP contribution < -0.4 is 16.0 Å². The number of rotatable bonds is 7. The fourth-order valence-electron chi connectivity index (χ4n) is 3.75. The maximum absolute atomic E-state index is 12.7. The number of nitrogens with zero attached hydrogens (tertiary/aromatic N) is 4. The van der Waals surface area contributed by atoms with Crippen molar-refractivity contribution < 1.29 is 13.2 Å². The molecule has 1 aliphatic rings. The Morgan fingerprint density at radius 3 is 2.61 bits per heavy atom. The monoisotopic (exact) mass is 577 g/mol. The number of halogens is 4. The lowest BCUT2D eigenvalue weighted by Gasteiger charge is -2.38. The van der Waals surface area contributed by atoms with E-state index in [9.17, 15) is 13.2 Å². The Bertz CT molecular complexity index is 880. The Balaban J connectivity index is 0.00000385. The standard InChI is InChI=1S/C22H30F3N7.HI/c1-16-14-18(9-13-32(16)15-17-6-4-3-5-7-17)30-20(26-2)28-11-12-29-21-27-10-8-19(31-21)22(23,24)25;/h3-8,10,16,18H,9,11-15H2,1-2H3,(H2,26,28,30)(H,27,29,31);1H. The molecule has 2 unspecified atom stereocenters. The first-order valence-corrected chi connectivity index (χ1v) is 10.7. The molecular weight excluding hydrogens is 546 g/mol. The summed E-state index contributed by atoms with van der Waals surface area (Å²) in [5, 5.41) is 9.44. The summed E-state index contributed by atoms with van der Waals surface area (Å²) in [6, 6.07) is 12.1. The molecule has 0 spiro atoms. The number of aromatic nitrogens is 2. The van der Waals surface area contributed by atoms with Gasteiger partial charge in [0, 0.05) is 51.5 Å². The second kappa shape index (κ2) is 12.9. The van der Waals surface area contributed by atoms with Crippen LogP contribution in [0, 0.1) is 0 Å². The molecule has 2 atom stereocenters. The number of alkyl halides is 3. The van der Waals surface area contributed by atoms with Crippen LogP contribution in [0.1, 0.15) is 31.0 Å². The zero-order chi connectivity index (χ0) is 23.0. The van der Waals surface area contributed by atoms with Gasteiger partial charge in [-0.15, -0.1) is 24.0 Å². The minimum atomic E-state index is -4.49. The van der Waals surface area contributed by atoms with E-state index in [1.165, 1.54) is 5.56 Å². The van der Waals surface area contributed by atoms with E-state index in [1.54, 1.807) is 7.05 Å². The predicted molar refractivity (Wildman–Crippen MR) is 135 cm³/mol. The first-order chi connectivity index (χ1) is 15.3. The molecule has 3 rings (SSSR count). The van der Waals surface area contributed by atoms with Gasteiger partial charge in [0.25, 0.3) is 0 Å². The minimum absolute atomic E-state index is 0. The van der Waals surface area contributed by atoms with Crippen LogP contribution in [0.2, 0.25) is 0 Å². The van der Waals surface area contributed by atoms with Crippen molar-refractivity contribution in [1.82, 2.24) is 25.5 Å². The highest BCUT2D eigenvalue weighted by Gasteiger charge is 2.32. The number of likely N-dealkylation sites (tertiary alicyclic amines) is 1. The van der Waals surface area contributed by atoms with E-state index in [4.69, 9.17) is 0 Å². The number of aliphatic imine (C=N–C) groups is 1. The minimum Gasteiger partial charge on any atom is -0.355 e. The van der Waals surface area contributed by atoms with Gasteiger partial charge in [-0.3, -0.25) is 9.89 Å². The average molecular weight is 577 g/mol. The van der Waals surface area contributed by atoms with Gasteiger partial charge in [-0.2, -0.15) is 13.2 Å². The third-order valence-electron chi connectivity index (χ3n) is 5.45. The van der Waals surface area contributed by atoms with Gasteiger partial charge in [0.1, 0.15) is 5.69 Å². The molecule has 1 saturated heterocycles. The van der Waals surface area contributed by atoms with Gasteiger partial charge in [0.15, 0.2) is 5.96 Å². The number of nitrogens with one attached hydrogen (secondary N) is 3. The molecule has 1 aromatic heterocycles. The van der Waals surface area contributed by atoms with E-state index in [1.807, 2.05) is 6.07 Å². The van der Waals surface area contributed by atoms with Crippen molar-refractivity contribution in [2.75, 3.05) is 32.0 Å². The second-order valence-electron chi connectivity index (χ2n) is 7.86. The third-order valence-corrected chi connectivity index (χ3v) is 5.45. The van der Waals surface area contributed by atoms with Crippen LogP contribution in [0.25, 0.3) is 0 Å².